The van der Waals surface area contributed by atoms with Crippen molar-refractivity contribution in [3.63, 3.8) is 0 Å². The van der Waals surface area contributed by atoms with E-state index in [9.17, 15) is 9.59 Å². The molecule has 1 aromatic carbocycles. The van der Waals surface area contributed by atoms with Gasteiger partial charge in [-0.1, -0.05) is 12.1 Å². The Hall–Kier alpha value is -2.44. The molecule has 0 aromatic heterocycles. The third-order valence-corrected chi connectivity index (χ3v) is 3.13. The van der Waals surface area contributed by atoms with Crippen molar-refractivity contribution in [1.29, 1.82) is 0 Å². The van der Waals surface area contributed by atoms with Crippen molar-refractivity contribution >= 4 is 12.0 Å². The summed E-state index contributed by atoms with van der Waals surface area (Å²) >= 11 is 0. The number of hydrogen-bond acceptors (Lipinski definition) is 5. The van der Waals surface area contributed by atoms with E-state index in [2.05, 4.69) is 0 Å². The van der Waals surface area contributed by atoms with Crippen LogP contribution < -0.4 is 9.47 Å². The molecule has 136 valence electrons. The molecule has 0 radical (unpaired) electrons. The van der Waals surface area contributed by atoms with Gasteiger partial charge in [0.1, 0.15) is 12.2 Å². The number of carbonyl (C=O) groups excluding carboxylic acids is 2. The SMILES string of the molecule is [2H]C1([2H])N(C(=O)OC(C)(C)C)C([2H])([2H])C([2H])([2H])N(C(=O)C2COc3ccccc3O2)C1([2H])[2H]. The Labute approximate surface area is 158 Å². The van der Waals surface area contributed by atoms with Crippen molar-refractivity contribution < 1.29 is 34.8 Å². The number of carbonyl (C=O) groups is 2. The standard InChI is InChI=1S/C18H24N2O5/c1-18(2,3)25-17(22)20-10-8-19(9-11-20)16(21)15-12-23-13-6-4-5-7-14(13)24-15/h4-7,15H,8-12H2,1-3H3/i8D2,9D2,10D2,11D2. The van der Waals surface area contributed by atoms with Crippen LogP contribution in [-0.2, 0) is 9.53 Å². The first-order valence-electron chi connectivity index (χ1n) is 11.6. The molecule has 0 bridgehead atoms. The number of amides is 2. The fourth-order valence-corrected chi connectivity index (χ4v) is 2.05. The lowest BCUT2D eigenvalue weighted by molar-refractivity contribution is -0.143. The van der Waals surface area contributed by atoms with E-state index >= 15 is 0 Å². The molecule has 1 atom stereocenters. The van der Waals surface area contributed by atoms with Crippen LogP contribution in [0.4, 0.5) is 4.79 Å². The maximum absolute atomic E-state index is 13.2. The van der Waals surface area contributed by atoms with Crippen LogP contribution >= 0.6 is 0 Å². The van der Waals surface area contributed by atoms with Crippen LogP contribution in [0.2, 0.25) is 0 Å². The number of piperazine rings is 1. The second-order valence-corrected chi connectivity index (χ2v) is 6.30. The Morgan fingerprint density at radius 3 is 2.36 bits per heavy atom. The molecule has 1 fully saturated rings. The zero-order valence-corrected chi connectivity index (χ0v) is 14.0. The lowest BCUT2D eigenvalue weighted by atomic mass is 10.2. The highest BCUT2D eigenvalue weighted by Gasteiger charge is 2.34. The minimum absolute atomic E-state index is 0.127. The predicted molar refractivity (Wildman–Crippen MR) is 90.7 cm³/mol. The van der Waals surface area contributed by atoms with E-state index in [-0.39, 0.29) is 15.5 Å². The Morgan fingerprint density at radius 2 is 1.72 bits per heavy atom. The van der Waals surface area contributed by atoms with Gasteiger partial charge >= 0.3 is 6.09 Å². The highest BCUT2D eigenvalue weighted by Crippen LogP contribution is 2.31. The van der Waals surface area contributed by atoms with Crippen molar-refractivity contribution in [2.75, 3.05) is 32.6 Å². The van der Waals surface area contributed by atoms with E-state index in [1.54, 1.807) is 18.2 Å². The largest absolute Gasteiger partial charge is 0.485 e. The third kappa shape index (κ3) is 4.15. The van der Waals surface area contributed by atoms with Gasteiger partial charge in [-0.05, 0) is 32.9 Å². The van der Waals surface area contributed by atoms with Gasteiger partial charge in [0.15, 0.2) is 11.5 Å². The summed E-state index contributed by atoms with van der Waals surface area (Å²) in [6.07, 6.45) is -3.21. The van der Waals surface area contributed by atoms with E-state index in [1.165, 1.54) is 26.8 Å². The predicted octanol–water partition coefficient (Wildman–Crippen LogP) is 1.91. The Morgan fingerprint density at radius 1 is 1.12 bits per heavy atom. The Kier molecular flexibility index (Phi) is 2.70. The quantitative estimate of drug-likeness (QED) is 0.769. The van der Waals surface area contributed by atoms with Crippen molar-refractivity contribution in [3.8, 4) is 11.5 Å². The topological polar surface area (TPSA) is 68.3 Å². The summed E-state index contributed by atoms with van der Waals surface area (Å²) < 4.78 is 82.2. The number of ether oxygens (including phenoxy) is 3. The van der Waals surface area contributed by atoms with Crippen LogP contribution in [0.5, 0.6) is 11.5 Å². The molecule has 0 saturated carbocycles. The van der Waals surface area contributed by atoms with E-state index in [0.29, 0.717) is 5.75 Å². The summed E-state index contributed by atoms with van der Waals surface area (Å²) in [4.78, 5) is 25.5. The van der Waals surface area contributed by atoms with Gasteiger partial charge in [-0.15, -0.1) is 0 Å². The normalized spacial score (nSPS) is 33.0. The molecule has 2 aliphatic heterocycles. The van der Waals surface area contributed by atoms with Crippen molar-refractivity contribution in [2.24, 2.45) is 0 Å². The molecule has 2 heterocycles. The maximum Gasteiger partial charge on any atom is 0.410 e. The monoisotopic (exact) mass is 356 g/mol. The number of hydrogen-bond donors (Lipinski definition) is 0. The summed E-state index contributed by atoms with van der Waals surface area (Å²) in [5.41, 5.74) is -1.21. The fourth-order valence-electron chi connectivity index (χ4n) is 2.05. The fraction of sp³-hybridized carbons (Fsp3) is 0.556. The number of benzene rings is 1. The van der Waals surface area contributed by atoms with Crippen LogP contribution in [0.15, 0.2) is 24.3 Å². The number of fused-ring (bicyclic) bond motifs is 1. The molecule has 2 aliphatic rings. The van der Waals surface area contributed by atoms with Gasteiger partial charge in [-0.2, -0.15) is 0 Å². The molecule has 0 N–H and O–H groups in total. The minimum atomic E-state index is -3.53. The van der Waals surface area contributed by atoms with E-state index in [1.807, 2.05) is 0 Å². The average Bonchev–Trinajstić information content (AvgIpc) is 2.64. The van der Waals surface area contributed by atoms with Crippen LogP contribution in [0.3, 0.4) is 0 Å². The summed E-state index contributed by atoms with van der Waals surface area (Å²) in [6, 6.07) is 6.27. The van der Waals surface area contributed by atoms with E-state index < -0.39 is 56.3 Å². The molecule has 0 spiro atoms. The van der Waals surface area contributed by atoms with Gasteiger partial charge in [-0.25, -0.2) is 4.79 Å². The molecular formula is C18H24N2O5. The zero-order chi connectivity index (χ0) is 25.2. The van der Waals surface area contributed by atoms with Crippen molar-refractivity contribution in [2.45, 2.75) is 32.5 Å². The molecule has 7 nitrogen and oxygen atoms in total. The second-order valence-electron chi connectivity index (χ2n) is 6.30. The van der Waals surface area contributed by atoms with Crippen molar-refractivity contribution in [3.05, 3.63) is 24.3 Å². The molecule has 1 aromatic rings. The Balaban J connectivity index is 2.04. The summed E-state index contributed by atoms with van der Waals surface area (Å²) in [6.45, 7) is -10.3. The van der Waals surface area contributed by atoms with Gasteiger partial charge < -0.3 is 24.0 Å². The van der Waals surface area contributed by atoms with Crippen LogP contribution in [0, 0.1) is 0 Å². The number of para-hydroxylation sites is 2. The van der Waals surface area contributed by atoms with Gasteiger partial charge in [-0.3, -0.25) is 4.79 Å². The lowest BCUT2D eigenvalue weighted by Gasteiger charge is -2.37. The maximum atomic E-state index is 13.2. The van der Waals surface area contributed by atoms with Crippen LogP contribution in [0.1, 0.15) is 31.7 Å². The first-order chi connectivity index (χ1) is 14.9. The van der Waals surface area contributed by atoms with Gasteiger partial charge in [0.05, 0.1) is 11.0 Å². The Bertz CT molecular complexity index is 937. The third-order valence-electron chi connectivity index (χ3n) is 3.13. The molecule has 2 amide bonds. The number of nitrogens with zero attached hydrogens (tertiary/aromatic N) is 2. The first-order valence-corrected chi connectivity index (χ1v) is 7.62. The summed E-state index contributed by atoms with van der Waals surface area (Å²) in [5, 5.41) is 0. The summed E-state index contributed by atoms with van der Waals surface area (Å²) in [5.74, 6) is -0.967. The van der Waals surface area contributed by atoms with Gasteiger partial charge in [0, 0.05) is 26.0 Å². The lowest BCUT2D eigenvalue weighted by Crippen LogP contribution is -2.55. The van der Waals surface area contributed by atoms with Crippen LogP contribution in [0.25, 0.3) is 0 Å². The molecule has 0 aliphatic carbocycles. The molecule has 3 rings (SSSR count). The molecular weight excluding hydrogens is 324 g/mol. The average molecular weight is 356 g/mol. The highest BCUT2D eigenvalue weighted by molar-refractivity contribution is 5.82. The van der Waals surface area contributed by atoms with E-state index in [0.717, 1.165) is 0 Å². The second kappa shape index (κ2) is 6.82. The van der Waals surface area contributed by atoms with E-state index in [4.69, 9.17) is 25.2 Å². The minimum Gasteiger partial charge on any atom is -0.485 e. The molecule has 7 heteroatoms. The summed E-state index contributed by atoms with van der Waals surface area (Å²) in [7, 11) is 0. The smallest absolute Gasteiger partial charge is 0.410 e. The first kappa shape index (κ1) is 9.89. The zero-order valence-electron chi connectivity index (χ0n) is 22.0. The molecule has 25 heavy (non-hydrogen) atoms. The van der Waals surface area contributed by atoms with Crippen LogP contribution in [-0.4, -0.2) is 66.1 Å². The van der Waals surface area contributed by atoms with Crippen molar-refractivity contribution in [1.82, 2.24) is 9.80 Å². The molecule has 1 unspecified atom stereocenters. The van der Waals surface area contributed by atoms with Gasteiger partial charge in [0.25, 0.3) is 5.91 Å². The van der Waals surface area contributed by atoms with Gasteiger partial charge in [0.2, 0.25) is 6.10 Å². The highest BCUT2D eigenvalue weighted by atomic mass is 16.6. The molecule has 1 saturated heterocycles. The number of rotatable bonds is 1.